The van der Waals surface area contributed by atoms with Crippen molar-refractivity contribution in [3.05, 3.63) is 29.2 Å². The van der Waals surface area contributed by atoms with Gasteiger partial charge in [0.1, 0.15) is 10.9 Å². The second kappa shape index (κ2) is 5.49. The fraction of sp³-hybridized carbons (Fsp3) is 0.385. The van der Waals surface area contributed by atoms with E-state index in [4.69, 9.17) is 0 Å². The van der Waals surface area contributed by atoms with E-state index >= 15 is 0 Å². The second-order valence-electron chi connectivity index (χ2n) is 5.34. The molecule has 0 amide bonds. The third-order valence-corrected chi connectivity index (χ3v) is 4.28. The number of carboxylic acids is 1. The Labute approximate surface area is 125 Å². The molecule has 0 atom stereocenters. The van der Waals surface area contributed by atoms with Crippen molar-refractivity contribution in [2.45, 2.75) is 42.5 Å². The summed E-state index contributed by atoms with van der Waals surface area (Å²) < 4.78 is 4.87. The maximum absolute atomic E-state index is 11.2. The van der Waals surface area contributed by atoms with Gasteiger partial charge in [0.25, 0.3) is 0 Å². The van der Waals surface area contributed by atoms with Crippen LogP contribution in [-0.2, 0) is 5.41 Å². The molecule has 2 rings (SSSR count). The van der Waals surface area contributed by atoms with E-state index in [0.717, 1.165) is 10.0 Å². The van der Waals surface area contributed by atoms with E-state index in [2.05, 4.69) is 14.3 Å². The molecule has 0 aliphatic rings. The third kappa shape index (κ3) is 3.55. The van der Waals surface area contributed by atoms with Gasteiger partial charge in [-0.2, -0.15) is 4.37 Å². The number of carboxylic acid groups (broad SMARTS) is 1. The summed E-state index contributed by atoms with van der Waals surface area (Å²) in [4.78, 5) is 20.0. The number of aromatic nitrogens is 3. The van der Waals surface area contributed by atoms with Crippen molar-refractivity contribution in [3.8, 4) is 0 Å². The highest BCUT2D eigenvalue weighted by Gasteiger charge is 2.19. The molecule has 0 fully saturated rings. The number of carbonyl (C=O) groups is 1. The van der Waals surface area contributed by atoms with Crippen LogP contribution < -0.4 is 0 Å². The first-order chi connectivity index (χ1) is 9.25. The lowest BCUT2D eigenvalue weighted by Crippen LogP contribution is -2.15. The Hall–Kier alpha value is -1.47. The second-order valence-corrected chi connectivity index (χ2v) is 7.36. The number of pyridine rings is 1. The standard InChI is InChI=1S/C13H15N3O2S2/c1-7-14-12(20-16-7)19-10-6-8(11(17)18)5-9(15-10)13(2,3)4/h5-6H,1-4H3,(H,17,18). The SMILES string of the molecule is Cc1nsc(Sc2cc(C(=O)O)cc(C(C)(C)C)n2)n1. The summed E-state index contributed by atoms with van der Waals surface area (Å²) in [7, 11) is 0. The van der Waals surface area contributed by atoms with E-state index in [1.54, 1.807) is 12.1 Å². The summed E-state index contributed by atoms with van der Waals surface area (Å²) in [6.07, 6.45) is 0. The summed E-state index contributed by atoms with van der Waals surface area (Å²) in [5.74, 6) is -0.240. The van der Waals surface area contributed by atoms with Crippen molar-refractivity contribution in [1.82, 2.24) is 14.3 Å². The van der Waals surface area contributed by atoms with Gasteiger partial charge in [0.2, 0.25) is 0 Å². The fourth-order valence-electron chi connectivity index (χ4n) is 1.47. The highest BCUT2D eigenvalue weighted by atomic mass is 32.2. The van der Waals surface area contributed by atoms with E-state index in [-0.39, 0.29) is 11.0 Å². The minimum absolute atomic E-state index is 0.211. The maximum Gasteiger partial charge on any atom is 0.335 e. The number of nitrogens with zero attached hydrogens (tertiary/aromatic N) is 3. The van der Waals surface area contributed by atoms with Gasteiger partial charge in [0, 0.05) is 11.1 Å². The fourth-order valence-corrected chi connectivity index (χ4v) is 3.10. The first-order valence-corrected chi connectivity index (χ1v) is 7.59. The minimum Gasteiger partial charge on any atom is -0.478 e. The zero-order valence-corrected chi connectivity index (χ0v) is 13.3. The minimum atomic E-state index is -0.951. The number of aromatic carboxylic acids is 1. The molecule has 106 valence electrons. The van der Waals surface area contributed by atoms with Crippen molar-refractivity contribution < 1.29 is 9.90 Å². The van der Waals surface area contributed by atoms with Gasteiger partial charge in [-0.25, -0.2) is 14.8 Å². The predicted molar refractivity (Wildman–Crippen MR) is 78.7 cm³/mol. The molecule has 0 aliphatic heterocycles. The van der Waals surface area contributed by atoms with E-state index in [1.165, 1.54) is 23.3 Å². The van der Waals surface area contributed by atoms with Crippen LogP contribution in [0.5, 0.6) is 0 Å². The van der Waals surface area contributed by atoms with Gasteiger partial charge < -0.3 is 5.11 Å². The normalized spacial score (nSPS) is 11.6. The highest BCUT2D eigenvalue weighted by Crippen LogP contribution is 2.31. The first kappa shape index (κ1) is 14.9. The summed E-state index contributed by atoms with van der Waals surface area (Å²) in [6.45, 7) is 7.84. The quantitative estimate of drug-likeness (QED) is 0.936. The van der Waals surface area contributed by atoms with Crippen LogP contribution in [0, 0.1) is 6.92 Å². The summed E-state index contributed by atoms with van der Waals surface area (Å²) in [6, 6.07) is 3.19. The van der Waals surface area contributed by atoms with Crippen LogP contribution in [0.3, 0.4) is 0 Å². The zero-order valence-electron chi connectivity index (χ0n) is 11.7. The average molecular weight is 309 g/mol. The van der Waals surface area contributed by atoms with Crippen LogP contribution in [0.2, 0.25) is 0 Å². The molecule has 0 saturated carbocycles. The van der Waals surface area contributed by atoms with Crippen LogP contribution in [0.25, 0.3) is 0 Å². The number of hydrogen-bond acceptors (Lipinski definition) is 6. The summed E-state index contributed by atoms with van der Waals surface area (Å²) >= 11 is 2.63. The van der Waals surface area contributed by atoms with Crippen molar-refractivity contribution in [3.63, 3.8) is 0 Å². The van der Waals surface area contributed by atoms with Gasteiger partial charge >= 0.3 is 5.97 Å². The maximum atomic E-state index is 11.2. The van der Waals surface area contributed by atoms with Crippen LogP contribution in [-0.4, -0.2) is 25.4 Å². The Bertz CT molecular complexity index is 647. The van der Waals surface area contributed by atoms with Crippen LogP contribution in [0.4, 0.5) is 0 Å². The average Bonchev–Trinajstić information content (AvgIpc) is 2.73. The number of aryl methyl sites for hydroxylation is 1. The summed E-state index contributed by atoms with van der Waals surface area (Å²) in [5.41, 5.74) is 0.785. The molecule has 0 unspecified atom stereocenters. The topological polar surface area (TPSA) is 76.0 Å². The molecule has 2 aromatic heterocycles. The smallest absolute Gasteiger partial charge is 0.335 e. The van der Waals surface area contributed by atoms with Crippen LogP contribution in [0.15, 0.2) is 21.5 Å². The molecule has 7 heteroatoms. The summed E-state index contributed by atoms with van der Waals surface area (Å²) in [5, 5.41) is 9.84. The van der Waals surface area contributed by atoms with Gasteiger partial charge in [-0.15, -0.1) is 0 Å². The van der Waals surface area contributed by atoms with Crippen molar-refractivity contribution in [1.29, 1.82) is 0 Å². The molecule has 2 heterocycles. The molecule has 0 radical (unpaired) electrons. The van der Waals surface area contributed by atoms with Crippen LogP contribution >= 0.6 is 23.3 Å². The molecule has 2 aromatic rings. The molecule has 0 aromatic carbocycles. The molecule has 5 nitrogen and oxygen atoms in total. The van der Waals surface area contributed by atoms with Gasteiger partial charge in [0.05, 0.1) is 5.56 Å². The molecular formula is C13H15N3O2S2. The van der Waals surface area contributed by atoms with Gasteiger partial charge in [-0.1, -0.05) is 20.8 Å². The van der Waals surface area contributed by atoms with E-state index in [1.807, 2.05) is 27.7 Å². The monoisotopic (exact) mass is 309 g/mol. The Morgan fingerprint density at radius 3 is 2.50 bits per heavy atom. The molecule has 0 aliphatic carbocycles. The largest absolute Gasteiger partial charge is 0.478 e. The Kier molecular flexibility index (Phi) is 4.10. The Morgan fingerprint density at radius 1 is 1.30 bits per heavy atom. The first-order valence-electron chi connectivity index (χ1n) is 6.00. The third-order valence-electron chi connectivity index (χ3n) is 2.52. The number of hydrogen-bond donors (Lipinski definition) is 1. The zero-order chi connectivity index (χ0) is 14.9. The van der Waals surface area contributed by atoms with Gasteiger partial charge in [-0.05, 0) is 42.4 Å². The molecule has 0 saturated heterocycles. The van der Waals surface area contributed by atoms with E-state index < -0.39 is 5.97 Å². The molecule has 20 heavy (non-hydrogen) atoms. The molecule has 0 spiro atoms. The van der Waals surface area contributed by atoms with E-state index in [0.29, 0.717) is 10.9 Å². The lowest BCUT2D eigenvalue weighted by atomic mass is 9.91. The Morgan fingerprint density at radius 2 is 2.00 bits per heavy atom. The molecule has 1 N–H and O–H groups in total. The lowest BCUT2D eigenvalue weighted by Gasteiger charge is -2.18. The van der Waals surface area contributed by atoms with Crippen molar-refractivity contribution >= 4 is 29.3 Å². The molecular weight excluding hydrogens is 294 g/mol. The number of rotatable bonds is 3. The van der Waals surface area contributed by atoms with Crippen molar-refractivity contribution in [2.75, 3.05) is 0 Å². The van der Waals surface area contributed by atoms with Gasteiger partial charge in [-0.3, -0.25) is 0 Å². The highest BCUT2D eigenvalue weighted by molar-refractivity contribution is 8.00. The molecule has 0 bridgehead atoms. The predicted octanol–water partition coefficient (Wildman–Crippen LogP) is 3.39. The van der Waals surface area contributed by atoms with Crippen LogP contribution in [0.1, 0.15) is 42.6 Å². The lowest BCUT2D eigenvalue weighted by molar-refractivity contribution is 0.0696. The Balaban J connectivity index is 2.41. The van der Waals surface area contributed by atoms with Crippen molar-refractivity contribution in [2.24, 2.45) is 0 Å². The van der Waals surface area contributed by atoms with E-state index in [9.17, 15) is 9.90 Å². The van der Waals surface area contributed by atoms with Gasteiger partial charge in [0.15, 0.2) is 4.34 Å².